The van der Waals surface area contributed by atoms with Gasteiger partial charge in [-0.2, -0.15) is 0 Å². The summed E-state index contributed by atoms with van der Waals surface area (Å²) in [7, 11) is 0. The Morgan fingerprint density at radius 1 is 1.29 bits per heavy atom. The van der Waals surface area contributed by atoms with Crippen molar-refractivity contribution in [3.63, 3.8) is 0 Å². The van der Waals surface area contributed by atoms with Crippen LogP contribution in [0.2, 0.25) is 5.02 Å². The zero-order valence-electron chi connectivity index (χ0n) is 9.98. The first kappa shape index (κ1) is 14.3. The van der Waals surface area contributed by atoms with E-state index in [2.05, 4.69) is 0 Å². The number of nitrogens with zero attached hydrogens (tertiary/aromatic N) is 1. The minimum absolute atomic E-state index is 0.0451. The van der Waals surface area contributed by atoms with Crippen LogP contribution in [0, 0.1) is 16.0 Å². The molecule has 0 amide bonds. The number of nitro benzene ring substituents is 1. The number of benzene rings is 1. The van der Waals surface area contributed by atoms with Crippen molar-refractivity contribution in [1.82, 2.24) is 0 Å². The average Bonchev–Trinajstić information content (AvgIpc) is 2.19. The second-order valence-corrected chi connectivity index (χ2v) is 5.53. The van der Waals surface area contributed by atoms with Crippen molar-refractivity contribution in [1.29, 1.82) is 0 Å². The summed E-state index contributed by atoms with van der Waals surface area (Å²) >= 11 is 11.9. The lowest BCUT2D eigenvalue weighted by atomic mass is 9.85. The van der Waals surface area contributed by atoms with Gasteiger partial charge in [-0.05, 0) is 18.9 Å². The molecule has 0 radical (unpaired) electrons. The summed E-state index contributed by atoms with van der Waals surface area (Å²) in [6, 6.07) is 4.74. The predicted octanol–water partition coefficient (Wildman–Crippen LogP) is 4.62. The molecule has 0 aliphatic heterocycles. The van der Waals surface area contributed by atoms with E-state index < -0.39 is 4.92 Å². The van der Waals surface area contributed by atoms with Crippen molar-refractivity contribution >= 4 is 28.9 Å². The molecule has 0 aliphatic carbocycles. The van der Waals surface area contributed by atoms with Crippen LogP contribution in [-0.2, 0) is 0 Å². The molecular weight excluding hydrogens is 261 g/mol. The van der Waals surface area contributed by atoms with Gasteiger partial charge >= 0.3 is 0 Å². The van der Waals surface area contributed by atoms with Crippen LogP contribution in [0.5, 0.6) is 0 Å². The van der Waals surface area contributed by atoms with Gasteiger partial charge in [0.05, 0.1) is 4.92 Å². The summed E-state index contributed by atoms with van der Waals surface area (Å²) < 4.78 is 0. The van der Waals surface area contributed by atoms with Gasteiger partial charge in [-0.3, -0.25) is 10.1 Å². The fourth-order valence-corrected chi connectivity index (χ4v) is 2.69. The monoisotopic (exact) mass is 275 g/mol. The van der Waals surface area contributed by atoms with E-state index in [9.17, 15) is 10.1 Å². The van der Waals surface area contributed by atoms with Crippen molar-refractivity contribution in [3.05, 3.63) is 38.9 Å². The van der Waals surface area contributed by atoms with E-state index in [-0.39, 0.29) is 22.9 Å². The molecule has 0 N–H and O–H groups in total. The fourth-order valence-electron chi connectivity index (χ4n) is 2.09. The van der Waals surface area contributed by atoms with E-state index in [1.165, 1.54) is 6.07 Å². The molecule has 0 saturated heterocycles. The molecule has 5 heteroatoms. The highest BCUT2D eigenvalue weighted by atomic mass is 35.5. The molecule has 0 aliphatic rings. The number of halogens is 2. The van der Waals surface area contributed by atoms with Crippen LogP contribution in [-0.4, -0.2) is 10.3 Å². The Morgan fingerprint density at radius 3 is 2.29 bits per heavy atom. The molecule has 0 heterocycles. The second-order valence-electron chi connectivity index (χ2n) is 4.41. The molecule has 2 unspecified atom stereocenters. The Labute approximate surface area is 111 Å². The van der Waals surface area contributed by atoms with E-state index >= 15 is 0 Å². The van der Waals surface area contributed by atoms with E-state index in [0.29, 0.717) is 10.6 Å². The van der Waals surface area contributed by atoms with Crippen LogP contribution < -0.4 is 0 Å². The first-order valence-corrected chi connectivity index (χ1v) is 6.24. The summed E-state index contributed by atoms with van der Waals surface area (Å²) in [5, 5.41) is 11.2. The molecule has 0 bridgehead atoms. The maximum Gasteiger partial charge on any atom is 0.274 e. The minimum atomic E-state index is -0.407. The highest BCUT2D eigenvalue weighted by molar-refractivity contribution is 6.30. The van der Waals surface area contributed by atoms with Gasteiger partial charge < -0.3 is 0 Å². The Balaban J connectivity index is 3.32. The molecule has 3 nitrogen and oxygen atoms in total. The summed E-state index contributed by atoms with van der Waals surface area (Å²) in [6.07, 6.45) is 0. The predicted molar refractivity (Wildman–Crippen MR) is 71.0 cm³/mol. The van der Waals surface area contributed by atoms with Crippen molar-refractivity contribution in [3.8, 4) is 0 Å². The Morgan fingerprint density at radius 2 is 1.88 bits per heavy atom. The Kier molecular flexibility index (Phi) is 4.78. The average molecular weight is 276 g/mol. The van der Waals surface area contributed by atoms with Gasteiger partial charge in [0.2, 0.25) is 0 Å². The first-order valence-electron chi connectivity index (χ1n) is 5.42. The molecule has 1 aromatic carbocycles. The number of hydrogen-bond acceptors (Lipinski definition) is 2. The third-order valence-corrected chi connectivity index (χ3v) is 3.27. The van der Waals surface area contributed by atoms with Crippen LogP contribution in [0.4, 0.5) is 5.69 Å². The Bertz CT molecular complexity index is 411. The molecule has 1 aromatic rings. The van der Waals surface area contributed by atoms with E-state index in [1.807, 2.05) is 20.8 Å². The number of rotatable bonds is 4. The standard InChI is InChI=1S/C12H15Cl2NO2/c1-7(2)12(8(3)13)10-5-4-9(14)6-11(10)15(16)17/h4-8,12H,1-3H3. The molecule has 94 valence electrons. The largest absolute Gasteiger partial charge is 0.274 e. The third kappa shape index (κ3) is 3.33. The number of nitro groups is 1. The topological polar surface area (TPSA) is 43.1 Å². The zero-order chi connectivity index (χ0) is 13.2. The quantitative estimate of drug-likeness (QED) is 0.457. The highest BCUT2D eigenvalue weighted by Crippen LogP contribution is 2.37. The highest BCUT2D eigenvalue weighted by Gasteiger charge is 2.28. The SMILES string of the molecule is CC(C)C(c1ccc(Cl)cc1[N+](=O)[O-])C(C)Cl. The fraction of sp³-hybridized carbons (Fsp3) is 0.500. The van der Waals surface area contributed by atoms with Gasteiger partial charge in [0.15, 0.2) is 0 Å². The van der Waals surface area contributed by atoms with Crippen LogP contribution in [0.1, 0.15) is 32.3 Å². The molecule has 0 spiro atoms. The summed E-state index contributed by atoms with van der Waals surface area (Å²) in [5.41, 5.74) is 0.695. The summed E-state index contributed by atoms with van der Waals surface area (Å²) in [5.74, 6) is 0.164. The number of hydrogen-bond donors (Lipinski definition) is 0. The first-order chi connectivity index (χ1) is 7.84. The molecule has 2 atom stereocenters. The van der Waals surface area contributed by atoms with Gasteiger partial charge in [0.25, 0.3) is 5.69 Å². The smallest absolute Gasteiger partial charge is 0.258 e. The van der Waals surface area contributed by atoms with Gasteiger partial charge in [-0.15, -0.1) is 11.6 Å². The lowest BCUT2D eigenvalue weighted by Gasteiger charge is -2.23. The minimum Gasteiger partial charge on any atom is -0.258 e. The van der Waals surface area contributed by atoms with Crippen LogP contribution in [0.25, 0.3) is 0 Å². The third-order valence-electron chi connectivity index (χ3n) is 2.76. The van der Waals surface area contributed by atoms with E-state index in [0.717, 1.165) is 0 Å². The molecule has 17 heavy (non-hydrogen) atoms. The van der Waals surface area contributed by atoms with E-state index in [4.69, 9.17) is 23.2 Å². The van der Waals surface area contributed by atoms with Crippen LogP contribution in [0.3, 0.4) is 0 Å². The number of alkyl halides is 1. The molecule has 0 saturated carbocycles. The van der Waals surface area contributed by atoms with Crippen LogP contribution >= 0.6 is 23.2 Å². The van der Waals surface area contributed by atoms with Crippen molar-refractivity contribution in [2.75, 3.05) is 0 Å². The second kappa shape index (κ2) is 5.69. The Hall–Kier alpha value is -0.800. The van der Waals surface area contributed by atoms with Gasteiger partial charge in [-0.25, -0.2) is 0 Å². The van der Waals surface area contributed by atoms with Crippen molar-refractivity contribution < 1.29 is 4.92 Å². The van der Waals surface area contributed by atoms with Crippen LogP contribution in [0.15, 0.2) is 18.2 Å². The van der Waals surface area contributed by atoms with Gasteiger partial charge in [0.1, 0.15) is 0 Å². The zero-order valence-corrected chi connectivity index (χ0v) is 11.5. The van der Waals surface area contributed by atoms with Gasteiger partial charge in [0, 0.05) is 27.9 Å². The lowest BCUT2D eigenvalue weighted by molar-refractivity contribution is -0.385. The summed E-state index contributed by atoms with van der Waals surface area (Å²) in [6.45, 7) is 5.86. The summed E-state index contributed by atoms with van der Waals surface area (Å²) in [4.78, 5) is 10.6. The van der Waals surface area contributed by atoms with Crippen molar-refractivity contribution in [2.24, 2.45) is 5.92 Å². The molecular formula is C12H15Cl2NO2. The normalized spacial score (nSPS) is 14.7. The maximum absolute atomic E-state index is 11.0. The van der Waals surface area contributed by atoms with Crippen molar-refractivity contribution in [2.45, 2.75) is 32.1 Å². The van der Waals surface area contributed by atoms with Gasteiger partial charge in [-0.1, -0.05) is 31.5 Å². The molecule has 1 rings (SSSR count). The maximum atomic E-state index is 11.0. The lowest BCUT2D eigenvalue weighted by Crippen LogP contribution is -2.17. The van der Waals surface area contributed by atoms with E-state index in [1.54, 1.807) is 12.1 Å². The molecule has 0 fully saturated rings. The molecule has 0 aromatic heterocycles.